The lowest BCUT2D eigenvalue weighted by molar-refractivity contribution is -0.385. The van der Waals surface area contributed by atoms with Crippen molar-refractivity contribution in [3.8, 4) is 0 Å². The molecule has 0 fully saturated rings. The Morgan fingerprint density at radius 2 is 2.33 bits per heavy atom. The number of pyridine rings is 1. The zero-order valence-electron chi connectivity index (χ0n) is 5.73. The topological polar surface area (TPSA) is 73.1 Å². The summed E-state index contributed by atoms with van der Waals surface area (Å²) >= 11 is 5.39. The van der Waals surface area contributed by atoms with Crippen LogP contribution in [0.3, 0.4) is 0 Å². The number of halogens is 1. The molecular formula is C6H3ClN2O3. The summed E-state index contributed by atoms with van der Waals surface area (Å²) in [6, 6.07) is 1.03. The van der Waals surface area contributed by atoms with E-state index in [1.54, 1.807) is 0 Å². The molecular weight excluding hydrogens is 184 g/mol. The molecule has 6 heteroatoms. The van der Waals surface area contributed by atoms with Crippen molar-refractivity contribution in [3.05, 3.63) is 33.1 Å². The van der Waals surface area contributed by atoms with Crippen molar-refractivity contribution in [2.45, 2.75) is 0 Å². The summed E-state index contributed by atoms with van der Waals surface area (Å²) in [5.74, 6) is 0. The van der Waals surface area contributed by atoms with Gasteiger partial charge in [0.15, 0.2) is 6.29 Å². The highest BCUT2D eigenvalue weighted by Gasteiger charge is 2.13. The van der Waals surface area contributed by atoms with Gasteiger partial charge in [-0.2, -0.15) is 0 Å². The molecule has 62 valence electrons. The first-order valence-electron chi connectivity index (χ1n) is 2.90. The lowest BCUT2D eigenvalue weighted by Crippen LogP contribution is -1.95. The third kappa shape index (κ3) is 1.57. The van der Waals surface area contributed by atoms with Gasteiger partial charge in [-0.05, 0) is 0 Å². The number of hydrogen-bond donors (Lipinski definition) is 0. The SMILES string of the molecule is O=Cc1cnc(Cl)cc1[N+](=O)[O-]. The Bertz CT molecular complexity index is 340. The fraction of sp³-hybridized carbons (Fsp3) is 0. The Morgan fingerprint density at radius 3 is 2.83 bits per heavy atom. The predicted octanol–water partition coefficient (Wildman–Crippen LogP) is 1.46. The van der Waals surface area contributed by atoms with Crippen LogP contribution in [-0.2, 0) is 0 Å². The van der Waals surface area contributed by atoms with Crippen molar-refractivity contribution in [1.82, 2.24) is 4.98 Å². The normalized spacial score (nSPS) is 9.42. The zero-order chi connectivity index (χ0) is 9.14. The van der Waals surface area contributed by atoms with Crippen molar-refractivity contribution in [3.63, 3.8) is 0 Å². The number of carbonyl (C=O) groups is 1. The van der Waals surface area contributed by atoms with E-state index in [-0.39, 0.29) is 16.4 Å². The number of rotatable bonds is 2. The van der Waals surface area contributed by atoms with Crippen LogP contribution in [0.1, 0.15) is 10.4 Å². The molecule has 1 aromatic heterocycles. The molecule has 0 saturated heterocycles. The minimum Gasteiger partial charge on any atom is -0.298 e. The van der Waals surface area contributed by atoms with Crippen molar-refractivity contribution in [1.29, 1.82) is 0 Å². The van der Waals surface area contributed by atoms with E-state index in [2.05, 4.69) is 4.98 Å². The number of hydrogen-bond acceptors (Lipinski definition) is 4. The molecule has 5 nitrogen and oxygen atoms in total. The van der Waals surface area contributed by atoms with Crippen LogP contribution in [0.25, 0.3) is 0 Å². The zero-order valence-corrected chi connectivity index (χ0v) is 6.49. The van der Waals surface area contributed by atoms with Gasteiger partial charge in [0.1, 0.15) is 10.7 Å². The fourth-order valence-corrected chi connectivity index (χ4v) is 0.832. The number of aldehydes is 1. The molecule has 12 heavy (non-hydrogen) atoms. The Balaban J connectivity index is 3.30. The summed E-state index contributed by atoms with van der Waals surface area (Å²) in [6.45, 7) is 0. The summed E-state index contributed by atoms with van der Waals surface area (Å²) in [6.07, 6.45) is 1.43. The average Bonchev–Trinajstić information content (AvgIpc) is 2.04. The van der Waals surface area contributed by atoms with Crippen molar-refractivity contribution < 1.29 is 9.72 Å². The van der Waals surface area contributed by atoms with E-state index in [0.29, 0.717) is 6.29 Å². The van der Waals surface area contributed by atoms with Gasteiger partial charge in [0.05, 0.1) is 11.0 Å². The molecule has 1 aromatic rings. The molecule has 0 spiro atoms. The second-order valence-corrected chi connectivity index (χ2v) is 2.33. The van der Waals surface area contributed by atoms with E-state index < -0.39 is 4.92 Å². The fourth-order valence-electron chi connectivity index (χ4n) is 0.680. The predicted molar refractivity (Wildman–Crippen MR) is 41.3 cm³/mol. The van der Waals surface area contributed by atoms with Crippen molar-refractivity contribution >= 4 is 23.6 Å². The van der Waals surface area contributed by atoms with E-state index in [1.165, 1.54) is 0 Å². The minimum absolute atomic E-state index is 0.00713. The largest absolute Gasteiger partial charge is 0.298 e. The monoisotopic (exact) mass is 186 g/mol. The molecule has 0 amide bonds. The smallest absolute Gasteiger partial charge is 0.284 e. The summed E-state index contributed by atoms with van der Waals surface area (Å²) in [5, 5.41) is 10.3. The number of nitro groups is 1. The molecule has 0 aliphatic carbocycles. The van der Waals surface area contributed by atoms with E-state index in [4.69, 9.17) is 11.6 Å². The molecule has 1 heterocycles. The van der Waals surface area contributed by atoms with Crippen LogP contribution >= 0.6 is 11.6 Å². The van der Waals surface area contributed by atoms with Gasteiger partial charge in [-0.3, -0.25) is 14.9 Å². The lowest BCUT2D eigenvalue weighted by Gasteiger charge is -1.93. The van der Waals surface area contributed by atoms with Gasteiger partial charge in [0.25, 0.3) is 5.69 Å². The van der Waals surface area contributed by atoms with Crippen molar-refractivity contribution in [2.24, 2.45) is 0 Å². The molecule has 0 atom stereocenters. The molecule has 0 aromatic carbocycles. The van der Waals surface area contributed by atoms with Gasteiger partial charge in [-0.15, -0.1) is 0 Å². The van der Waals surface area contributed by atoms with E-state index in [1.807, 2.05) is 0 Å². The summed E-state index contributed by atoms with van der Waals surface area (Å²) < 4.78 is 0. The summed E-state index contributed by atoms with van der Waals surface area (Å²) in [4.78, 5) is 23.4. The number of carbonyl (C=O) groups excluding carboxylic acids is 1. The second-order valence-electron chi connectivity index (χ2n) is 1.94. The Labute approximate surface area is 72.1 Å². The van der Waals surface area contributed by atoms with Gasteiger partial charge < -0.3 is 0 Å². The van der Waals surface area contributed by atoms with Crippen LogP contribution in [0.2, 0.25) is 5.15 Å². The van der Waals surface area contributed by atoms with Crippen LogP contribution in [0.15, 0.2) is 12.3 Å². The standard InChI is InChI=1S/C6H3ClN2O3/c7-6-1-5(9(11)12)4(3-10)2-8-6/h1-3H. The first kappa shape index (κ1) is 8.61. The molecule has 0 saturated carbocycles. The number of aromatic nitrogens is 1. The second kappa shape index (κ2) is 3.27. The maximum atomic E-state index is 10.3. The highest BCUT2D eigenvalue weighted by atomic mass is 35.5. The van der Waals surface area contributed by atoms with Crippen LogP contribution in [0.5, 0.6) is 0 Å². The van der Waals surface area contributed by atoms with Crippen LogP contribution < -0.4 is 0 Å². The molecule has 0 unspecified atom stereocenters. The van der Waals surface area contributed by atoms with Crippen molar-refractivity contribution in [2.75, 3.05) is 0 Å². The van der Waals surface area contributed by atoms with Crippen LogP contribution in [-0.4, -0.2) is 16.2 Å². The lowest BCUT2D eigenvalue weighted by atomic mass is 10.3. The third-order valence-electron chi connectivity index (χ3n) is 1.20. The molecule has 0 bridgehead atoms. The molecule has 1 rings (SSSR count). The van der Waals surface area contributed by atoms with Crippen LogP contribution in [0.4, 0.5) is 5.69 Å². The molecule has 0 radical (unpaired) electrons. The van der Waals surface area contributed by atoms with Crippen LogP contribution in [0, 0.1) is 10.1 Å². The first-order chi connectivity index (χ1) is 5.65. The Hall–Kier alpha value is -1.49. The average molecular weight is 187 g/mol. The molecule has 0 aliphatic heterocycles. The summed E-state index contributed by atoms with van der Waals surface area (Å²) in [5.41, 5.74) is -0.408. The first-order valence-corrected chi connectivity index (χ1v) is 3.28. The minimum atomic E-state index is -0.683. The van der Waals surface area contributed by atoms with E-state index >= 15 is 0 Å². The number of nitrogens with zero attached hydrogens (tertiary/aromatic N) is 2. The van der Waals surface area contributed by atoms with Gasteiger partial charge in [0, 0.05) is 6.20 Å². The molecule has 0 N–H and O–H groups in total. The summed E-state index contributed by atoms with van der Waals surface area (Å²) in [7, 11) is 0. The third-order valence-corrected chi connectivity index (χ3v) is 1.41. The quantitative estimate of drug-likeness (QED) is 0.303. The maximum absolute atomic E-state index is 10.3. The van der Waals surface area contributed by atoms with E-state index in [9.17, 15) is 14.9 Å². The Morgan fingerprint density at radius 1 is 1.67 bits per heavy atom. The Kier molecular flexibility index (Phi) is 2.35. The van der Waals surface area contributed by atoms with Gasteiger partial charge >= 0.3 is 0 Å². The van der Waals surface area contributed by atoms with Gasteiger partial charge in [0.2, 0.25) is 0 Å². The van der Waals surface area contributed by atoms with Gasteiger partial charge in [-0.1, -0.05) is 11.6 Å². The maximum Gasteiger partial charge on any atom is 0.284 e. The highest BCUT2D eigenvalue weighted by molar-refractivity contribution is 6.29. The highest BCUT2D eigenvalue weighted by Crippen LogP contribution is 2.18. The van der Waals surface area contributed by atoms with Gasteiger partial charge in [-0.25, -0.2) is 4.98 Å². The van der Waals surface area contributed by atoms with E-state index in [0.717, 1.165) is 12.3 Å². The molecule has 0 aliphatic rings.